The Kier molecular flexibility index (Phi) is 5.18. The van der Waals surface area contributed by atoms with E-state index in [2.05, 4.69) is 0 Å². The lowest BCUT2D eigenvalue weighted by molar-refractivity contribution is -0.129. The second-order valence-electron chi connectivity index (χ2n) is 4.66. The highest BCUT2D eigenvalue weighted by molar-refractivity contribution is 5.76. The van der Waals surface area contributed by atoms with Gasteiger partial charge in [-0.15, -0.1) is 0 Å². The number of ether oxygens (including phenoxy) is 2. The molecule has 0 radical (unpaired) electrons. The Bertz CT molecular complexity index is 458. The first-order chi connectivity index (χ1) is 8.90. The molecule has 1 rings (SSSR count). The molecule has 1 aromatic rings. The van der Waals surface area contributed by atoms with Crippen molar-refractivity contribution in [1.29, 1.82) is 0 Å². The summed E-state index contributed by atoms with van der Waals surface area (Å²) >= 11 is 0. The van der Waals surface area contributed by atoms with E-state index in [0.717, 1.165) is 11.1 Å². The number of nitrogens with zero attached hydrogens (tertiary/aromatic N) is 1. The van der Waals surface area contributed by atoms with Crippen molar-refractivity contribution < 1.29 is 14.3 Å². The minimum atomic E-state index is -0.393. The van der Waals surface area contributed by atoms with Gasteiger partial charge in [0, 0.05) is 38.2 Å². The van der Waals surface area contributed by atoms with E-state index in [9.17, 15) is 4.79 Å². The van der Waals surface area contributed by atoms with Crippen LogP contribution in [0.15, 0.2) is 12.1 Å². The van der Waals surface area contributed by atoms with Crippen LogP contribution in [0.4, 0.5) is 0 Å². The maximum atomic E-state index is 11.7. The van der Waals surface area contributed by atoms with Gasteiger partial charge >= 0.3 is 0 Å². The molecule has 0 saturated carbocycles. The minimum absolute atomic E-state index is 0.00947. The topological polar surface area (TPSA) is 64.8 Å². The number of methoxy groups -OCH3 is 2. The fourth-order valence-corrected chi connectivity index (χ4v) is 1.97. The van der Waals surface area contributed by atoms with Crippen LogP contribution in [0.5, 0.6) is 11.5 Å². The van der Waals surface area contributed by atoms with Gasteiger partial charge in [-0.25, -0.2) is 0 Å². The second kappa shape index (κ2) is 6.43. The lowest BCUT2D eigenvalue weighted by atomic mass is 9.97. The SMILES string of the molecule is COc1cc(C)c(C(N)CC(=O)N(C)C)c(OC)c1. The van der Waals surface area contributed by atoms with E-state index in [1.165, 1.54) is 4.90 Å². The van der Waals surface area contributed by atoms with E-state index in [4.69, 9.17) is 15.2 Å². The normalized spacial score (nSPS) is 11.9. The van der Waals surface area contributed by atoms with Crippen LogP contribution in [0.3, 0.4) is 0 Å². The number of carbonyl (C=O) groups is 1. The zero-order chi connectivity index (χ0) is 14.6. The number of hydrogen-bond acceptors (Lipinski definition) is 4. The summed E-state index contributed by atoms with van der Waals surface area (Å²) in [5, 5.41) is 0. The van der Waals surface area contributed by atoms with Crippen LogP contribution >= 0.6 is 0 Å². The number of hydrogen-bond donors (Lipinski definition) is 1. The van der Waals surface area contributed by atoms with Crippen molar-refractivity contribution in [1.82, 2.24) is 4.90 Å². The summed E-state index contributed by atoms with van der Waals surface area (Å²) in [6.07, 6.45) is 0.247. The Balaban J connectivity index is 3.08. The van der Waals surface area contributed by atoms with Gasteiger partial charge in [-0.2, -0.15) is 0 Å². The Hall–Kier alpha value is -1.75. The van der Waals surface area contributed by atoms with Crippen molar-refractivity contribution in [2.24, 2.45) is 5.73 Å². The van der Waals surface area contributed by atoms with Gasteiger partial charge in [0.1, 0.15) is 11.5 Å². The molecule has 5 nitrogen and oxygen atoms in total. The van der Waals surface area contributed by atoms with Crippen molar-refractivity contribution in [2.75, 3.05) is 28.3 Å². The molecule has 0 aliphatic rings. The van der Waals surface area contributed by atoms with E-state index in [1.807, 2.05) is 13.0 Å². The molecule has 0 spiro atoms. The number of amides is 1. The van der Waals surface area contributed by atoms with Crippen molar-refractivity contribution in [3.63, 3.8) is 0 Å². The Morgan fingerprint density at radius 3 is 2.42 bits per heavy atom. The number of rotatable bonds is 5. The summed E-state index contributed by atoms with van der Waals surface area (Å²) in [4.78, 5) is 13.3. The van der Waals surface area contributed by atoms with Crippen LogP contribution in [0.2, 0.25) is 0 Å². The molecule has 0 aliphatic carbocycles. The third kappa shape index (κ3) is 3.61. The highest BCUT2D eigenvalue weighted by Gasteiger charge is 2.20. The number of nitrogens with two attached hydrogens (primary N) is 1. The van der Waals surface area contributed by atoms with Gasteiger partial charge in [0.15, 0.2) is 0 Å². The molecule has 0 aromatic heterocycles. The molecule has 0 aliphatic heterocycles. The molecule has 1 aromatic carbocycles. The number of carbonyl (C=O) groups excluding carboxylic acids is 1. The third-order valence-corrected chi connectivity index (χ3v) is 3.04. The number of aryl methyl sites for hydroxylation is 1. The molecular formula is C14H22N2O3. The van der Waals surface area contributed by atoms with Gasteiger partial charge in [0.25, 0.3) is 0 Å². The molecule has 5 heteroatoms. The lowest BCUT2D eigenvalue weighted by Gasteiger charge is -2.20. The summed E-state index contributed by atoms with van der Waals surface area (Å²) in [6, 6.07) is 3.27. The molecule has 1 atom stereocenters. The first-order valence-corrected chi connectivity index (χ1v) is 6.09. The summed E-state index contributed by atoms with van der Waals surface area (Å²) in [5.41, 5.74) is 7.93. The van der Waals surface area contributed by atoms with Crippen molar-refractivity contribution >= 4 is 5.91 Å². The standard InChI is InChI=1S/C14H22N2O3/c1-9-6-10(18-4)7-12(19-5)14(9)11(15)8-13(17)16(2)3/h6-7,11H,8,15H2,1-5H3. The van der Waals surface area contributed by atoms with Crippen LogP contribution in [-0.2, 0) is 4.79 Å². The highest BCUT2D eigenvalue weighted by atomic mass is 16.5. The van der Waals surface area contributed by atoms with E-state index < -0.39 is 6.04 Å². The molecule has 1 amide bonds. The predicted octanol–water partition coefficient (Wildman–Crippen LogP) is 1.49. The highest BCUT2D eigenvalue weighted by Crippen LogP contribution is 2.33. The van der Waals surface area contributed by atoms with Crippen molar-refractivity contribution in [2.45, 2.75) is 19.4 Å². The molecule has 0 heterocycles. The van der Waals surface area contributed by atoms with Gasteiger partial charge in [-0.05, 0) is 18.6 Å². The first kappa shape index (κ1) is 15.3. The molecule has 106 valence electrons. The molecule has 0 saturated heterocycles. The van der Waals surface area contributed by atoms with Gasteiger partial charge < -0.3 is 20.1 Å². The molecule has 0 fully saturated rings. The monoisotopic (exact) mass is 266 g/mol. The second-order valence-corrected chi connectivity index (χ2v) is 4.66. The zero-order valence-corrected chi connectivity index (χ0v) is 12.2. The summed E-state index contributed by atoms with van der Waals surface area (Å²) in [6.45, 7) is 1.93. The summed E-state index contributed by atoms with van der Waals surface area (Å²) in [7, 11) is 6.61. The Morgan fingerprint density at radius 2 is 1.95 bits per heavy atom. The van der Waals surface area contributed by atoms with Crippen LogP contribution in [0.1, 0.15) is 23.6 Å². The summed E-state index contributed by atoms with van der Waals surface area (Å²) < 4.78 is 10.5. The Labute approximate surface area is 114 Å². The van der Waals surface area contributed by atoms with Gasteiger partial charge in [-0.1, -0.05) is 0 Å². The third-order valence-electron chi connectivity index (χ3n) is 3.04. The first-order valence-electron chi connectivity index (χ1n) is 6.09. The average molecular weight is 266 g/mol. The van der Waals surface area contributed by atoms with Crippen LogP contribution in [0, 0.1) is 6.92 Å². The van der Waals surface area contributed by atoms with Gasteiger partial charge in [0.05, 0.1) is 14.2 Å². The fourth-order valence-electron chi connectivity index (χ4n) is 1.97. The van der Waals surface area contributed by atoms with Crippen molar-refractivity contribution in [3.05, 3.63) is 23.3 Å². The van der Waals surface area contributed by atoms with Crippen LogP contribution in [0.25, 0.3) is 0 Å². The fraction of sp³-hybridized carbons (Fsp3) is 0.500. The average Bonchev–Trinajstić information content (AvgIpc) is 2.36. The maximum absolute atomic E-state index is 11.7. The van der Waals surface area contributed by atoms with E-state index >= 15 is 0 Å². The molecule has 2 N–H and O–H groups in total. The molecular weight excluding hydrogens is 244 g/mol. The smallest absolute Gasteiger partial charge is 0.223 e. The maximum Gasteiger partial charge on any atom is 0.223 e. The molecule has 19 heavy (non-hydrogen) atoms. The van der Waals surface area contributed by atoms with E-state index in [1.54, 1.807) is 34.4 Å². The van der Waals surface area contributed by atoms with Gasteiger partial charge in [-0.3, -0.25) is 4.79 Å². The van der Waals surface area contributed by atoms with E-state index in [0.29, 0.717) is 11.5 Å². The lowest BCUT2D eigenvalue weighted by Crippen LogP contribution is -2.27. The number of benzene rings is 1. The van der Waals surface area contributed by atoms with Crippen molar-refractivity contribution in [3.8, 4) is 11.5 Å². The largest absolute Gasteiger partial charge is 0.497 e. The predicted molar refractivity (Wildman–Crippen MR) is 74.5 cm³/mol. The summed E-state index contributed by atoms with van der Waals surface area (Å²) in [5.74, 6) is 1.35. The van der Waals surface area contributed by atoms with Crippen LogP contribution < -0.4 is 15.2 Å². The van der Waals surface area contributed by atoms with Crippen LogP contribution in [-0.4, -0.2) is 39.1 Å². The minimum Gasteiger partial charge on any atom is -0.497 e. The van der Waals surface area contributed by atoms with Gasteiger partial charge in [0.2, 0.25) is 5.91 Å². The quantitative estimate of drug-likeness (QED) is 0.877. The molecule has 0 bridgehead atoms. The van der Waals surface area contributed by atoms with E-state index in [-0.39, 0.29) is 12.3 Å². The Morgan fingerprint density at radius 1 is 1.32 bits per heavy atom. The molecule has 1 unspecified atom stereocenters. The zero-order valence-electron chi connectivity index (χ0n) is 12.2.